The molecule has 13 rings (SSSR count). The number of hydrogen-bond acceptors (Lipinski definition) is 2. The van der Waals surface area contributed by atoms with Crippen LogP contribution < -0.4 is 4.90 Å². The summed E-state index contributed by atoms with van der Waals surface area (Å²) < 4.78 is 4.95. The van der Waals surface area contributed by atoms with Gasteiger partial charge in [-0.05, 0) is 110 Å². The molecule has 0 amide bonds. The van der Waals surface area contributed by atoms with Crippen LogP contribution in [0, 0.1) is 0 Å². The summed E-state index contributed by atoms with van der Waals surface area (Å²) in [6.45, 7) is 0. The Labute approximate surface area is 393 Å². The van der Waals surface area contributed by atoms with Gasteiger partial charge >= 0.3 is 0 Å². The SMILES string of the molecule is c1ccc(-c2cccc3c2sc2c(N(c4ccc(-c5cccc(-n6c7ccccc7c7ccccc76)c5)cc4)c4ccc(-c5cccc6cccc(-c7ccccc7)c56)cc4)cccc23)cc1. The van der Waals surface area contributed by atoms with Crippen molar-refractivity contribution in [1.82, 2.24) is 4.57 Å². The van der Waals surface area contributed by atoms with Crippen molar-refractivity contribution in [1.29, 1.82) is 0 Å². The van der Waals surface area contributed by atoms with E-state index < -0.39 is 0 Å². The van der Waals surface area contributed by atoms with Crippen LogP contribution in [-0.2, 0) is 0 Å². The first kappa shape index (κ1) is 38.9. The number of rotatable bonds is 8. The van der Waals surface area contributed by atoms with E-state index in [9.17, 15) is 0 Å². The van der Waals surface area contributed by atoms with E-state index in [1.165, 1.54) is 97.3 Å². The molecule has 0 aliphatic heterocycles. The van der Waals surface area contributed by atoms with E-state index in [2.05, 4.69) is 264 Å². The third kappa shape index (κ3) is 6.63. The minimum Gasteiger partial charge on any atom is -0.309 e. The van der Waals surface area contributed by atoms with Crippen molar-refractivity contribution < 1.29 is 0 Å². The van der Waals surface area contributed by atoms with Crippen LogP contribution in [0.3, 0.4) is 0 Å². The van der Waals surface area contributed by atoms with E-state index in [1.54, 1.807) is 0 Å². The molecule has 0 aliphatic rings. The van der Waals surface area contributed by atoms with Crippen molar-refractivity contribution in [3.05, 3.63) is 255 Å². The Kier molecular flexibility index (Phi) is 9.40. The zero-order chi connectivity index (χ0) is 44.3. The molecule has 11 aromatic carbocycles. The van der Waals surface area contributed by atoms with Crippen LogP contribution in [0.15, 0.2) is 255 Å². The van der Waals surface area contributed by atoms with Crippen LogP contribution in [0.5, 0.6) is 0 Å². The number of aromatic nitrogens is 1. The van der Waals surface area contributed by atoms with Gasteiger partial charge in [0.15, 0.2) is 0 Å². The predicted octanol–water partition coefficient (Wildman–Crippen LogP) is 18.4. The fourth-order valence-electron chi connectivity index (χ4n) is 10.3. The number of para-hydroxylation sites is 2. The van der Waals surface area contributed by atoms with E-state index in [4.69, 9.17) is 0 Å². The van der Waals surface area contributed by atoms with Gasteiger partial charge in [-0.3, -0.25) is 0 Å². The van der Waals surface area contributed by atoms with Crippen LogP contribution in [-0.4, -0.2) is 4.57 Å². The van der Waals surface area contributed by atoms with Gasteiger partial charge in [-0.15, -0.1) is 11.3 Å². The van der Waals surface area contributed by atoms with Gasteiger partial charge < -0.3 is 9.47 Å². The second-order valence-corrected chi connectivity index (χ2v) is 18.2. The molecular weight excluding hydrogens is 829 g/mol. The lowest BCUT2D eigenvalue weighted by molar-refractivity contribution is 1.18. The molecule has 0 atom stereocenters. The Bertz CT molecular complexity index is 3900. The monoisotopic (exact) mass is 870 g/mol. The Morgan fingerprint density at radius 2 is 0.776 bits per heavy atom. The van der Waals surface area contributed by atoms with Gasteiger partial charge in [-0.1, -0.05) is 200 Å². The molecule has 0 saturated heterocycles. The first-order valence-corrected chi connectivity index (χ1v) is 23.7. The van der Waals surface area contributed by atoms with E-state index >= 15 is 0 Å². The molecule has 67 heavy (non-hydrogen) atoms. The lowest BCUT2D eigenvalue weighted by Crippen LogP contribution is -2.10. The molecule has 0 unspecified atom stereocenters. The molecule has 0 saturated carbocycles. The Balaban J connectivity index is 0.948. The van der Waals surface area contributed by atoms with Crippen LogP contribution >= 0.6 is 11.3 Å². The Morgan fingerprint density at radius 3 is 1.42 bits per heavy atom. The van der Waals surface area contributed by atoms with Crippen LogP contribution in [0.2, 0.25) is 0 Å². The van der Waals surface area contributed by atoms with Gasteiger partial charge in [-0.2, -0.15) is 0 Å². The third-order valence-corrected chi connectivity index (χ3v) is 14.7. The standard InChI is InChI=1S/C64H42N2S/c1-3-16-44(17-4-1)52-26-12-20-47-21-13-27-53(62(47)52)46-36-40-50(41-37-46)65(61-33-15-30-58-57-29-14-28-54(63(57)67-64(58)61)45-18-5-2-6-19-45)49-38-34-43(35-39-49)48-22-11-23-51(42-48)66-59-31-9-7-24-55(59)56-25-8-10-32-60(56)66/h1-42H. The lowest BCUT2D eigenvalue weighted by Gasteiger charge is -2.26. The highest BCUT2D eigenvalue weighted by molar-refractivity contribution is 7.27. The first-order chi connectivity index (χ1) is 33.2. The van der Waals surface area contributed by atoms with E-state index in [-0.39, 0.29) is 0 Å². The van der Waals surface area contributed by atoms with Crippen LogP contribution in [0.25, 0.3) is 103 Å². The summed E-state index contributed by atoms with van der Waals surface area (Å²) in [6.07, 6.45) is 0. The maximum Gasteiger partial charge on any atom is 0.0640 e. The molecule has 0 radical (unpaired) electrons. The highest BCUT2D eigenvalue weighted by atomic mass is 32.1. The molecule has 0 spiro atoms. The zero-order valence-electron chi connectivity index (χ0n) is 36.6. The number of hydrogen-bond donors (Lipinski definition) is 0. The van der Waals surface area contributed by atoms with E-state index in [0.717, 1.165) is 22.7 Å². The van der Waals surface area contributed by atoms with Gasteiger partial charge in [0.05, 0.1) is 21.4 Å². The molecule has 13 aromatic rings. The zero-order valence-corrected chi connectivity index (χ0v) is 37.4. The van der Waals surface area contributed by atoms with Crippen molar-refractivity contribution in [3.8, 4) is 50.2 Å². The highest BCUT2D eigenvalue weighted by Gasteiger charge is 2.21. The summed E-state index contributed by atoms with van der Waals surface area (Å²) in [5.74, 6) is 0. The van der Waals surface area contributed by atoms with Gasteiger partial charge in [0.2, 0.25) is 0 Å². The van der Waals surface area contributed by atoms with E-state index in [1.807, 2.05) is 11.3 Å². The molecule has 0 N–H and O–H groups in total. The molecule has 2 aromatic heterocycles. The van der Waals surface area contributed by atoms with Crippen molar-refractivity contribution in [2.24, 2.45) is 0 Å². The summed E-state index contributed by atoms with van der Waals surface area (Å²) in [4.78, 5) is 2.44. The second kappa shape index (κ2) is 16.2. The predicted molar refractivity (Wildman–Crippen MR) is 288 cm³/mol. The summed E-state index contributed by atoms with van der Waals surface area (Å²) in [5, 5.41) is 7.57. The molecule has 2 heterocycles. The smallest absolute Gasteiger partial charge is 0.0640 e. The van der Waals surface area contributed by atoms with Crippen molar-refractivity contribution in [2.45, 2.75) is 0 Å². The Morgan fingerprint density at radius 1 is 0.313 bits per heavy atom. The van der Waals surface area contributed by atoms with Crippen molar-refractivity contribution in [3.63, 3.8) is 0 Å². The summed E-state index contributed by atoms with van der Waals surface area (Å²) >= 11 is 1.89. The minimum atomic E-state index is 1.10. The fourth-order valence-corrected chi connectivity index (χ4v) is 11.7. The van der Waals surface area contributed by atoms with E-state index in [0.29, 0.717) is 0 Å². The maximum absolute atomic E-state index is 2.44. The average molecular weight is 871 g/mol. The van der Waals surface area contributed by atoms with Crippen molar-refractivity contribution in [2.75, 3.05) is 4.90 Å². The van der Waals surface area contributed by atoms with Crippen LogP contribution in [0.4, 0.5) is 17.1 Å². The summed E-state index contributed by atoms with van der Waals surface area (Å²) in [6, 6.07) is 93.0. The van der Waals surface area contributed by atoms with Gasteiger partial charge in [-0.25, -0.2) is 0 Å². The molecule has 0 aliphatic carbocycles. The third-order valence-electron chi connectivity index (χ3n) is 13.4. The highest BCUT2D eigenvalue weighted by Crippen LogP contribution is 2.48. The quantitative estimate of drug-likeness (QED) is 0.148. The molecule has 314 valence electrons. The Hall–Kier alpha value is -8.50. The number of benzene rings is 11. The molecular formula is C64H42N2S. The second-order valence-electron chi connectivity index (χ2n) is 17.2. The largest absolute Gasteiger partial charge is 0.309 e. The molecule has 0 bridgehead atoms. The van der Waals surface area contributed by atoms with Gasteiger partial charge in [0.1, 0.15) is 0 Å². The number of nitrogens with zero attached hydrogens (tertiary/aromatic N) is 2. The van der Waals surface area contributed by atoms with Crippen molar-refractivity contribution >= 4 is 81.1 Å². The average Bonchev–Trinajstić information content (AvgIpc) is 3.96. The molecule has 3 heteroatoms. The van der Waals surface area contributed by atoms with Gasteiger partial charge in [0, 0.05) is 43.3 Å². The van der Waals surface area contributed by atoms with Gasteiger partial charge in [0.25, 0.3) is 0 Å². The number of thiophene rings is 1. The lowest BCUT2D eigenvalue weighted by atomic mass is 9.91. The molecule has 2 nitrogen and oxygen atoms in total. The summed E-state index contributed by atoms with van der Waals surface area (Å²) in [7, 11) is 0. The summed E-state index contributed by atoms with van der Waals surface area (Å²) in [5.41, 5.74) is 16.6. The number of fused-ring (bicyclic) bond motifs is 7. The first-order valence-electron chi connectivity index (χ1n) is 22.9. The number of anilines is 3. The fraction of sp³-hybridized carbons (Fsp3) is 0. The normalized spacial score (nSPS) is 11.6. The maximum atomic E-state index is 2.44. The van der Waals surface area contributed by atoms with Crippen LogP contribution in [0.1, 0.15) is 0 Å². The minimum absolute atomic E-state index is 1.10. The molecule has 0 fully saturated rings. The topological polar surface area (TPSA) is 8.17 Å².